The monoisotopic (exact) mass is 233 g/mol. The predicted molar refractivity (Wildman–Crippen MR) is 69.4 cm³/mol. The topological polar surface area (TPSA) is 38.7 Å². The Kier molecular flexibility index (Phi) is 6.00. The first-order valence-electron chi connectivity index (χ1n) is 6.03. The summed E-state index contributed by atoms with van der Waals surface area (Å²) in [6.45, 7) is 3.54. The summed E-state index contributed by atoms with van der Waals surface area (Å²) in [7, 11) is 0. The Labute approximate surface area is 103 Å². The van der Waals surface area contributed by atoms with Gasteiger partial charge in [-0.2, -0.15) is 0 Å². The highest BCUT2D eigenvalue weighted by Gasteiger charge is 2.04. The molecule has 0 aromatic heterocycles. The number of para-hydroxylation sites is 1. The van der Waals surface area contributed by atoms with Gasteiger partial charge >= 0.3 is 5.97 Å². The zero-order chi connectivity index (χ0) is 12.5. The second-order valence-electron chi connectivity index (χ2n) is 3.89. The SMILES string of the molecule is CCCCCC(=Nc1ccccc1)OC(C)=O. The second kappa shape index (κ2) is 7.60. The number of nitrogens with zero attached hydrogens (tertiary/aromatic N) is 1. The fourth-order valence-electron chi connectivity index (χ4n) is 1.47. The van der Waals surface area contributed by atoms with Crippen LogP contribution in [0.25, 0.3) is 0 Å². The molecular weight excluding hydrogens is 214 g/mol. The maximum Gasteiger partial charge on any atom is 0.309 e. The normalized spacial score (nSPS) is 11.3. The van der Waals surface area contributed by atoms with E-state index in [1.165, 1.54) is 6.92 Å². The molecule has 3 heteroatoms. The molecule has 0 N–H and O–H groups in total. The first-order chi connectivity index (χ1) is 8.22. The maximum atomic E-state index is 11.0. The van der Waals surface area contributed by atoms with Crippen LogP contribution < -0.4 is 0 Å². The molecule has 1 aromatic rings. The van der Waals surface area contributed by atoms with Crippen LogP contribution in [0.15, 0.2) is 35.3 Å². The molecule has 0 radical (unpaired) electrons. The Bertz CT molecular complexity index is 371. The van der Waals surface area contributed by atoms with Crippen molar-refractivity contribution in [3.05, 3.63) is 30.3 Å². The number of hydrogen-bond acceptors (Lipinski definition) is 3. The van der Waals surface area contributed by atoms with Crippen molar-refractivity contribution in [2.45, 2.75) is 39.5 Å². The number of carbonyl (C=O) groups is 1. The van der Waals surface area contributed by atoms with Crippen molar-refractivity contribution in [2.24, 2.45) is 4.99 Å². The molecule has 0 unspecified atom stereocenters. The molecule has 0 saturated carbocycles. The first kappa shape index (κ1) is 13.4. The Hall–Kier alpha value is -1.64. The number of carbonyl (C=O) groups excluding carboxylic acids is 1. The summed E-state index contributed by atoms with van der Waals surface area (Å²) in [6.07, 6.45) is 3.96. The van der Waals surface area contributed by atoms with E-state index in [0.717, 1.165) is 24.9 Å². The maximum absolute atomic E-state index is 11.0. The third kappa shape index (κ3) is 5.85. The molecule has 1 aromatic carbocycles. The highest BCUT2D eigenvalue weighted by atomic mass is 16.5. The van der Waals surface area contributed by atoms with Crippen molar-refractivity contribution < 1.29 is 9.53 Å². The van der Waals surface area contributed by atoms with E-state index in [0.29, 0.717) is 12.3 Å². The van der Waals surface area contributed by atoms with Crippen LogP contribution in [0.3, 0.4) is 0 Å². The Morgan fingerprint density at radius 1 is 1.24 bits per heavy atom. The van der Waals surface area contributed by atoms with Gasteiger partial charge in [0.1, 0.15) is 0 Å². The van der Waals surface area contributed by atoms with Gasteiger partial charge in [0.05, 0.1) is 5.69 Å². The minimum Gasteiger partial charge on any atom is -0.412 e. The Morgan fingerprint density at radius 3 is 2.53 bits per heavy atom. The molecule has 0 aliphatic heterocycles. The van der Waals surface area contributed by atoms with Gasteiger partial charge in [-0.05, 0) is 18.6 Å². The molecular formula is C14H19NO2. The van der Waals surface area contributed by atoms with Crippen LogP contribution >= 0.6 is 0 Å². The lowest BCUT2D eigenvalue weighted by Crippen LogP contribution is -2.09. The van der Waals surface area contributed by atoms with E-state index >= 15 is 0 Å². The fraction of sp³-hybridized carbons (Fsp3) is 0.429. The quantitative estimate of drug-likeness (QED) is 0.335. The number of rotatable bonds is 5. The van der Waals surface area contributed by atoms with E-state index in [1.807, 2.05) is 30.3 Å². The first-order valence-corrected chi connectivity index (χ1v) is 6.03. The summed E-state index contributed by atoms with van der Waals surface area (Å²) in [4.78, 5) is 15.3. The smallest absolute Gasteiger partial charge is 0.309 e. The third-order valence-corrected chi connectivity index (χ3v) is 2.27. The van der Waals surface area contributed by atoms with Gasteiger partial charge in [-0.15, -0.1) is 0 Å². The summed E-state index contributed by atoms with van der Waals surface area (Å²) in [5.41, 5.74) is 0.820. The lowest BCUT2D eigenvalue weighted by Gasteiger charge is -2.05. The van der Waals surface area contributed by atoms with Gasteiger partial charge in [0.15, 0.2) is 5.90 Å². The summed E-state index contributed by atoms with van der Waals surface area (Å²) in [5.74, 6) is 0.202. The number of unbranched alkanes of at least 4 members (excludes halogenated alkanes) is 2. The zero-order valence-corrected chi connectivity index (χ0v) is 10.5. The minimum atomic E-state index is -0.309. The Balaban J connectivity index is 2.67. The van der Waals surface area contributed by atoms with E-state index in [-0.39, 0.29) is 5.97 Å². The van der Waals surface area contributed by atoms with Crippen LogP contribution in [0.5, 0.6) is 0 Å². The summed E-state index contributed by atoms with van der Waals surface area (Å²) >= 11 is 0. The van der Waals surface area contributed by atoms with Gasteiger partial charge in [0, 0.05) is 13.3 Å². The second-order valence-corrected chi connectivity index (χ2v) is 3.89. The van der Waals surface area contributed by atoms with Gasteiger partial charge in [0.25, 0.3) is 0 Å². The number of hydrogen-bond donors (Lipinski definition) is 0. The summed E-state index contributed by atoms with van der Waals surface area (Å²) in [5, 5.41) is 0. The van der Waals surface area contributed by atoms with Gasteiger partial charge in [-0.25, -0.2) is 4.99 Å². The molecule has 0 fully saturated rings. The van der Waals surface area contributed by atoms with Gasteiger partial charge in [-0.1, -0.05) is 38.0 Å². The predicted octanol–water partition coefficient (Wildman–Crippen LogP) is 3.86. The molecule has 0 amide bonds. The van der Waals surface area contributed by atoms with Gasteiger partial charge < -0.3 is 4.74 Å². The zero-order valence-electron chi connectivity index (χ0n) is 10.5. The lowest BCUT2D eigenvalue weighted by molar-refractivity contribution is -0.133. The van der Waals surface area contributed by atoms with Gasteiger partial charge in [-0.3, -0.25) is 4.79 Å². The van der Waals surface area contributed by atoms with E-state index in [9.17, 15) is 4.79 Å². The van der Waals surface area contributed by atoms with E-state index in [4.69, 9.17) is 4.74 Å². The van der Waals surface area contributed by atoms with E-state index in [1.54, 1.807) is 0 Å². The summed E-state index contributed by atoms with van der Waals surface area (Å²) < 4.78 is 5.11. The number of esters is 1. The minimum absolute atomic E-state index is 0.309. The van der Waals surface area contributed by atoms with Crippen LogP contribution in [0.2, 0.25) is 0 Å². The van der Waals surface area contributed by atoms with Crippen molar-refractivity contribution in [3.63, 3.8) is 0 Å². The van der Waals surface area contributed by atoms with Crippen LogP contribution in [0.4, 0.5) is 5.69 Å². The molecule has 0 aliphatic carbocycles. The lowest BCUT2D eigenvalue weighted by atomic mass is 10.2. The van der Waals surface area contributed by atoms with Crippen molar-refractivity contribution in [1.82, 2.24) is 0 Å². The molecule has 1 rings (SSSR count). The average Bonchev–Trinajstić information content (AvgIpc) is 2.30. The van der Waals surface area contributed by atoms with Crippen LogP contribution in [0.1, 0.15) is 39.5 Å². The Morgan fingerprint density at radius 2 is 1.94 bits per heavy atom. The van der Waals surface area contributed by atoms with Crippen molar-refractivity contribution >= 4 is 17.6 Å². The van der Waals surface area contributed by atoms with Crippen LogP contribution in [-0.4, -0.2) is 11.9 Å². The number of aliphatic imine (C=N–C) groups is 1. The molecule has 0 saturated heterocycles. The fourth-order valence-corrected chi connectivity index (χ4v) is 1.47. The van der Waals surface area contributed by atoms with Crippen molar-refractivity contribution in [2.75, 3.05) is 0 Å². The highest BCUT2D eigenvalue weighted by Crippen LogP contribution is 2.13. The highest BCUT2D eigenvalue weighted by molar-refractivity contribution is 5.89. The summed E-state index contributed by atoms with van der Waals surface area (Å²) in [6, 6.07) is 9.54. The average molecular weight is 233 g/mol. The molecule has 3 nitrogen and oxygen atoms in total. The third-order valence-electron chi connectivity index (χ3n) is 2.27. The van der Waals surface area contributed by atoms with Crippen LogP contribution in [-0.2, 0) is 9.53 Å². The molecule has 17 heavy (non-hydrogen) atoms. The van der Waals surface area contributed by atoms with Crippen LogP contribution in [0, 0.1) is 0 Å². The molecule has 92 valence electrons. The standard InChI is InChI=1S/C14H19NO2/c1-3-4-6-11-14(17-12(2)16)15-13-9-7-5-8-10-13/h5,7-10H,3-4,6,11H2,1-2H3. The largest absolute Gasteiger partial charge is 0.412 e. The molecule has 0 bridgehead atoms. The molecule has 0 aliphatic rings. The van der Waals surface area contributed by atoms with E-state index < -0.39 is 0 Å². The molecule has 0 spiro atoms. The number of ether oxygens (including phenoxy) is 1. The van der Waals surface area contributed by atoms with Crippen molar-refractivity contribution in [1.29, 1.82) is 0 Å². The molecule has 0 atom stereocenters. The number of benzene rings is 1. The molecule has 0 heterocycles. The van der Waals surface area contributed by atoms with E-state index in [2.05, 4.69) is 11.9 Å². The van der Waals surface area contributed by atoms with Crippen molar-refractivity contribution in [3.8, 4) is 0 Å². The van der Waals surface area contributed by atoms with Gasteiger partial charge in [0.2, 0.25) is 0 Å².